The van der Waals surface area contributed by atoms with Gasteiger partial charge in [0.15, 0.2) is 5.52 Å². The fourth-order valence-electron chi connectivity index (χ4n) is 1.27. The van der Waals surface area contributed by atoms with Crippen molar-refractivity contribution in [3.63, 3.8) is 0 Å². The number of aromatic nitrogens is 1. The van der Waals surface area contributed by atoms with Gasteiger partial charge in [-0.05, 0) is 22.0 Å². The van der Waals surface area contributed by atoms with Gasteiger partial charge in [0.1, 0.15) is 5.69 Å². The van der Waals surface area contributed by atoms with Gasteiger partial charge in [-0.3, -0.25) is 0 Å². The molecule has 16 heavy (non-hydrogen) atoms. The summed E-state index contributed by atoms with van der Waals surface area (Å²) in [6.45, 7) is 0. The number of para-hydroxylation sites is 1. The molecule has 0 amide bonds. The summed E-state index contributed by atoms with van der Waals surface area (Å²) in [7, 11) is 0. The normalized spacial score (nSPS) is 9.00. The maximum absolute atomic E-state index is 10.5. The largest absolute Gasteiger partial charge is 0.392 e. The van der Waals surface area contributed by atoms with E-state index in [1.54, 1.807) is 18.2 Å². The van der Waals surface area contributed by atoms with E-state index in [-0.39, 0.29) is 36.3 Å². The molecular weight excluding hydrogens is 253 g/mol. The molecule has 0 spiro atoms. The minimum absolute atomic E-state index is 0. The molecule has 0 aliphatic rings. The van der Waals surface area contributed by atoms with Gasteiger partial charge < -0.3 is 15.8 Å². The second-order valence-corrected chi connectivity index (χ2v) is 2.85. The van der Waals surface area contributed by atoms with Crippen molar-refractivity contribution >= 4 is 47.2 Å². The number of hydrogen-bond donors (Lipinski definition) is 1. The number of nitrogen functional groups attached to an aromatic ring is 1. The summed E-state index contributed by atoms with van der Waals surface area (Å²) < 4.78 is 0. The van der Waals surface area contributed by atoms with Gasteiger partial charge in [0, 0.05) is 5.39 Å². The Kier molecular flexibility index (Phi) is 4.94. The van der Waals surface area contributed by atoms with Crippen LogP contribution in [0.2, 0.25) is 0 Å². The number of nitrogens with two attached hydrogens (primary N) is 1. The standard InChI is InChI=1S/C9H7N3O2.2ClH/c10-7-5-6-3-1-2-4-8(6)11-9(7)12(13)14;;/h1-5H,10H2;2*1H. The lowest BCUT2D eigenvalue weighted by molar-refractivity contribution is -0.388. The van der Waals surface area contributed by atoms with Crippen LogP contribution in [0.4, 0.5) is 11.5 Å². The smallest absolute Gasteiger partial charge is 0.387 e. The van der Waals surface area contributed by atoms with Crippen LogP contribution >= 0.6 is 24.8 Å². The van der Waals surface area contributed by atoms with Crippen molar-refractivity contribution in [1.82, 2.24) is 4.98 Å². The molecule has 0 fully saturated rings. The van der Waals surface area contributed by atoms with Crippen molar-refractivity contribution in [2.24, 2.45) is 0 Å². The molecular formula is C9H9Cl2N3O2. The highest BCUT2D eigenvalue weighted by atomic mass is 35.5. The Balaban J connectivity index is 0.00000112. The summed E-state index contributed by atoms with van der Waals surface area (Å²) in [6.07, 6.45) is 0. The molecule has 2 rings (SSSR count). The molecule has 86 valence electrons. The van der Waals surface area contributed by atoms with Crippen molar-refractivity contribution in [1.29, 1.82) is 0 Å². The first-order valence-corrected chi connectivity index (χ1v) is 3.98. The maximum Gasteiger partial charge on any atom is 0.387 e. The highest BCUT2D eigenvalue weighted by molar-refractivity contribution is 5.85. The molecule has 0 saturated heterocycles. The zero-order valence-corrected chi connectivity index (χ0v) is 9.62. The lowest BCUT2D eigenvalue weighted by Crippen LogP contribution is -1.98. The Labute approximate surface area is 104 Å². The summed E-state index contributed by atoms with van der Waals surface area (Å²) in [6, 6.07) is 8.68. The highest BCUT2D eigenvalue weighted by Gasteiger charge is 2.14. The fraction of sp³-hybridized carbons (Fsp3) is 0. The zero-order valence-electron chi connectivity index (χ0n) is 7.99. The number of nitrogens with zero attached hydrogens (tertiary/aromatic N) is 2. The molecule has 1 aromatic carbocycles. The van der Waals surface area contributed by atoms with E-state index in [4.69, 9.17) is 5.73 Å². The number of pyridine rings is 1. The van der Waals surface area contributed by atoms with Crippen LogP contribution in [0.15, 0.2) is 30.3 Å². The van der Waals surface area contributed by atoms with E-state index in [0.29, 0.717) is 5.52 Å². The van der Waals surface area contributed by atoms with Crippen LogP contribution in [0, 0.1) is 10.1 Å². The van der Waals surface area contributed by atoms with Crippen molar-refractivity contribution < 1.29 is 4.92 Å². The number of nitro groups is 1. The second-order valence-electron chi connectivity index (χ2n) is 2.85. The lowest BCUT2D eigenvalue weighted by atomic mass is 10.2. The topological polar surface area (TPSA) is 82.0 Å². The zero-order chi connectivity index (χ0) is 10.1. The van der Waals surface area contributed by atoms with Crippen LogP contribution in [-0.4, -0.2) is 9.91 Å². The van der Waals surface area contributed by atoms with Gasteiger partial charge in [-0.25, -0.2) is 0 Å². The number of fused-ring (bicyclic) bond motifs is 1. The van der Waals surface area contributed by atoms with E-state index in [1.807, 2.05) is 12.1 Å². The Morgan fingerprint density at radius 2 is 1.88 bits per heavy atom. The summed E-state index contributed by atoms with van der Waals surface area (Å²) in [5, 5.41) is 11.3. The van der Waals surface area contributed by atoms with Gasteiger partial charge in [0.2, 0.25) is 0 Å². The van der Waals surface area contributed by atoms with Crippen LogP contribution in [0.25, 0.3) is 10.9 Å². The third-order valence-corrected chi connectivity index (χ3v) is 1.91. The summed E-state index contributed by atoms with van der Waals surface area (Å²) >= 11 is 0. The highest BCUT2D eigenvalue weighted by Crippen LogP contribution is 2.23. The number of anilines is 1. The van der Waals surface area contributed by atoms with E-state index < -0.39 is 4.92 Å². The predicted molar refractivity (Wildman–Crippen MR) is 67.3 cm³/mol. The molecule has 1 heterocycles. The minimum atomic E-state index is -0.582. The molecule has 5 nitrogen and oxygen atoms in total. The fourth-order valence-corrected chi connectivity index (χ4v) is 1.27. The third kappa shape index (κ3) is 2.50. The lowest BCUT2D eigenvalue weighted by Gasteiger charge is -1.98. The van der Waals surface area contributed by atoms with E-state index >= 15 is 0 Å². The summed E-state index contributed by atoms with van der Waals surface area (Å²) in [4.78, 5) is 13.8. The van der Waals surface area contributed by atoms with Gasteiger partial charge >= 0.3 is 5.82 Å². The molecule has 7 heteroatoms. The van der Waals surface area contributed by atoms with E-state index in [2.05, 4.69) is 4.98 Å². The first-order chi connectivity index (χ1) is 6.68. The quantitative estimate of drug-likeness (QED) is 0.632. The second kappa shape index (κ2) is 5.48. The summed E-state index contributed by atoms with van der Waals surface area (Å²) in [5.41, 5.74) is 6.15. The number of halogens is 2. The monoisotopic (exact) mass is 261 g/mol. The number of benzene rings is 1. The molecule has 0 bridgehead atoms. The number of hydrogen-bond acceptors (Lipinski definition) is 4. The van der Waals surface area contributed by atoms with Crippen LogP contribution in [0.1, 0.15) is 0 Å². The van der Waals surface area contributed by atoms with E-state index in [0.717, 1.165) is 5.39 Å². The SMILES string of the molecule is Cl.Cl.Nc1cc2ccccc2nc1[N+](=O)[O-]. The van der Waals surface area contributed by atoms with Gasteiger partial charge in [-0.1, -0.05) is 18.2 Å². The van der Waals surface area contributed by atoms with Gasteiger partial charge in [0.25, 0.3) is 0 Å². The molecule has 1 aromatic heterocycles. The molecule has 0 unspecified atom stereocenters. The average Bonchev–Trinajstić information content (AvgIpc) is 2.16. The molecule has 0 atom stereocenters. The molecule has 0 radical (unpaired) electrons. The maximum atomic E-state index is 10.5. The molecule has 0 aliphatic heterocycles. The predicted octanol–water partition coefficient (Wildman–Crippen LogP) is 2.57. The van der Waals surface area contributed by atoms with Gasteiger partial charge in [0.05, 0.1) is 0 Å². The molecule has 0 aliphatic carbocycles. The molecule has 2 aromatic rings. The first-order valence-electron chi connectivity index (χ1n) is 3.98. The van der Waals surface area contributed by atoms with Gasteiger partial charge in [-0.2, -0.15) is 0 Å². The van der Waals surface area contributed by atoms with Crippen LogP contribution in [0.3, 0.4) is 0 Å². The van der Waals surface area contributed by atoms with Gasteiger partial charge in [-0.15, -0.1) is 24.8 Å². The van der Waals surface area contributed by atoms with Crippen molar-refractivity contribution in [2.45, 2.75) is 0 Å². The first kappa shape index (κ1) is 14.4. The van der Waals surface area contributed by atoms with E-state index in [1.165, 1.54) is 0 Å². The van der Waals surface area contributed by atoms with Crippen LogP contribution in [-0.2, 0) is 0 Å². The van der Waals surface area contributed by atoms with Crippen molar-refractivity contribution in [3.8, 4) is 0 Å². The molecule has 0 saturated carbocycles. The Morgan fingerprint density at radius 3 is 2.50 bits per heavy atom. The van der Waals surface area contributed by atoms with Crippen LogP contribution < -0.4 is 5.73 Å². The Morgan fingerprint density at radius 1 is 1.25 bits per heavy atom. The third-order valence-electron chi connectivity index (χ3n) is 1.91. The van der Waals surface area contributed by atoms with Crippen molar-refractivity contribution in [2.75, 3.05) is 5.73 Å². The Bertz CT molecular complexity index is 519. The molecule has 2 N–H and O–H groups in total. The average molecular weight is 262 g/mol. The summed E-state index contributed by atoms with van der Waals surface area (Å²) in [5.74, 6) is -0.288. The van der Waals surface area contributed by atoms with Crippen molar-refractivity contribution in [3.05, 3.63) is 40.4 Å². The van der Waals surface area contributed by atoms with E-state index in [9.17, 15) is 10.1 Å². The van der Waals surface area contributed by atoms with Crippen LogP contribution in [0.5, 0.6) is 0 Å². The Hall–Kier alpha value is -1.59. The number of rotatable bonds is 1. The minimum Gasteiger partial charge on any atom is -0.392 e.